The zero-order valence-electron chi connectivity index (χ0n) is 14.9. The van der Waals surface area contributed by atoms with E-state index in [2.05, 4.69) is 15.3 Å². The Hall–Kier alpha value is -2.51. The van der Waals surface area contributed by atoms with Crippen LogP contribution in [0.4, 0.5) is 0 Å². The summed E-state index contributed by atoms with van der Waals surface area (Å²) in [5.74, 6) is 0.528. The van der Waals surface area contributed by atoms with Gasteiger partial charge in [-0.2, -0.15) is 0 Å². The summed E-state index contributed by atoms with van der Waals surface area (Å²) in [4.78, 5) is 34.8. The van der Waals surface area contributed by atoms with E-state index in [4.69, 9.17) is 0 Å². The SMILES string of the molecule is CCN(CC(=O)NCc1sccc1C)Cc1nc2ccccc2c(=O)[nH]1. The Labute approximate surface area is 155 Å². The van der Waals surface area contributed by atoms with Gasteiger partial charge in [-0.05, 0) is 42.6 Å². The van der Waals surface area contributed by atoms with E-state index in [0.29, 0.717) is 36.4 Å². The second kappa shape index (κ2) is 8.25. The number of hydrogen-bond acceptors (Lipinski definition) is 5. The van der Waals surface area contributed by atoms with Crippen LogP contribution in [0.3, 0.4) is 0 Å². The lowest BCUT2D eigenvalue weighted by atomic mass is 10.2. The zero-order valence-corrected chi connectivity index (χ0v) is 15.7. The minimum atomic E-state index is -0.153. The maximum absolute atomic E-state index is 12.2. The minimum absolute atomic E-state index is 0.0391. The van der Waals surface area contributed by atoms with Crippen molar-refractivity contribution in [3.63, 3.8) is 0 Å². The van der Waals surface area contributed by atoms with Gasteiger partial charge in [-0.25, -0.2) is 4.98 Å². The molecule has 26 heavy (non-hydrogen) atoms. The molecule has 0 fully saturated rings. The molecule has 6 nitrogen and oxygen atoms in total. The Bertz CT molecular complexity index is 963. The zero-order chi connectivity index (χ0) is 18.5. The molecule has 3 rings (SSSR count). The van der Waals surface area contributed by atoms with Crippen LogP contribution in [0.15, 0.2) is 40.5 Å². The average Bonchev–Trinajstić information content (AvgIpc) is 3.04. The molecular formula is C19H22N4O2S. The summed E-state index contributed by atoms with van der Waals surface area (Å²) >= 11 is 1.64. The number of para-hydroxylation sites is 1. The Morgan fingerprint density at radius 3 is 2.85 bits per heavy atom. The van der Waals surface area contributed by atoms with Gasteiger partial charge in [0.2, 0.25) is 5.91 Å². The smallest absolute Gasteiger partial charge is 0.258 e. The molecular weight excluding hydrogens is 348 g/mol. The number of benzene rings is 1. The lowest BCUT2D eigenvalue weighted by molar-refractivity contribution is -0.122. The van der Waals surface area contributed by atoms with Crippen molar-refractivity contribution >= 4 is 28.1 Å². The molecule has 2 aromatic heterocycles. The standard InChI is InChI=1S/C19H22N4O2S/c1-3-23(12-18(24)20-10-16-13(2)8-9-26-16)11-17-21-15-7-5-4-6-14(15)19(25)22-17/h4-9H,3,10-12H2,1-2H3,(H,20,24)(H,21,22,25). The Morgan fingerprint density at radius 1 is 1.31 bits per heavy atom. The molecule has 0 spiro atoms. The highest BCUT2D eigenvalue weighted by Crippen LogP contribution is 2.14. The van der Waals surface area contributed by atoms with Crippen molar-refractivity contribution in [3.8, 4) is 0 Å². The van der Waals surface area contributed by atoms with E-state index in [0.717, 1.165) is 0 Å². The molecule has 1 aromatic carbocycles. The van der Waals surface area contributed by atoms with Gasteiger partial charge < -0.3 is 10.3 Å². The number of carbonyl (C=O) groups is 1. The van der Waals surface area contributed by atoms with Gasteiger partial charge in [-0.1, -0.05) is 19.1 Å². The number of carbonyl (C=O) groups excluding carboxylic acids is 1. The molecule has 0 saturated heterocycles. The van der Waals surface area contributed by atoms with Gasteiger partial charge in [-0.3, -0.25) is 14.5 Å². The number of likely N-dealkylation sites (N-methyl/N-ethyl adjacent to an activating group) is 1. The number of H-pyrrole nitrogens is 1. The van der Waals surface area contributed by atoms with Crippen molar-refractivity contribution in [1.82, 2.24) is 20.2 Å². The maximum Gasteiger partial charge on any atom is 0.258 e. The molecule has 0 radical (unpaired) electrons. The first kappa shape index (κ1) is 18.3. The number of fused-ring (bicyclic) bond motifs is 1. The van der Waals surface area contributed by atoms with Crippen molar-refractivity contribution in [3.05, 3.63) is 62.3 Å². The average molecular weight is 370 g/mol. The van der Waals surface area contributed by atoms with E-state index in [-0.39, 0.29) is 18.0 Å². The summed E-state index contributed by atoms with van der Waals surface area (Å²) in [5.41, 5.74) is 1.71. The number of nitrogens with one attached hydrogen (secondary N) is 2. The van der Waals surface area contributed by atoms with Gasteiger partial charge in [0.25, 0.3) is 5.56 Å². The number of aromatic nitrogens is 2. The highest BCUT2D eigenvalue weighted by molar-refractivity contribution is 7.10. The fourth-order valence-electron chi connectivity index (χ4n) is 2.72. The third kappa shape index (κ3) is 4.36. The van der Waals surface area contributed by atoms with Crippen LogP contribution in [0.5, 0.6) is 0 Å². The molecule has 0 aliphatic carbocycles. The van der Waals surface area contributed by atoms with E-state index in [1.165, 1.54) is 10.4 Å². The van der Waals surface area contributed by atoms with E-state index in [1.807, 2.05) is 48.4 Å². The molecule has 7 heteroatoms. The van der Waals surface area contributed by atoms with Crippen LogP contribution in [0.2, 0.25) is 0 Å². The van der Waals surface area contributed by atoms with Crippen LogP contribution in [-0.4, -0.2) is 33.9 Å². The molecule has 2 heterocycles. The van der Waals surface area contributed by atoms with Crippen molar-refractivity contribution in [2.75, 3.05) is 13.1 Å². The highest BCUT2D eigenvalue weighted by Gasteiger charge is 2.12. The Balaban J connectivity index is 1.63. The summed E-state index contributed by atoms with van der Waals surface area (Å²) in [6.07, 6.45) is 0. The molecule has 0 unspecified atom stereocenters. The molecule has 136 valence electrons. The lowest BCUT2D eigenvalue weighted by Gasteiger charge is -2.19. The van der Waals surface area contributed by atoms with E-state index < -0.39 is 0 Å². The van der Waals surface area contributed by atoms with Gasteiger partial charge in [0, 0.05) is 4.88 Å². The molecule has 2 N–H and O–H groups in total. The number of aryl methyl sites for hydroxylation is 1. The van der Waals surface area contributed by atoms with Gasteiger partial charge >= 0.3 is 0 Å². The molecule has 0 aliphatic heterocycles. The Morgan fingerprint density at radius 2 is 2.12 bits per heavy atom. The van der Waals surface area contributed by atoms with Crippen LogP contribution >= 0.6 is 11.3 Å². The largest absolute Gasteiger partial charge is 0.350 e. The lowest BCUT2D eigenvalue weighted by Crippen LogP contribution is -2.37. The molecule has 1 amide bonds. The highest BCUT2D eigenvalue weighted by atomic mass is 32.1. The predicted octanol–water partition coefficient (Wildman–Crippen LogP) is 2.43. The third-order valence-electron chi connectivity index (χ3n) is 4.26. The predicted molar refractivity (Wildman–Crippen MR) is 104 cm³/mol. The summed E-state index contributed by atoms with van der Waals surface area (Å²) in [7, 11) is 0. The van der Waals surface area contributed by atoms with Gasteiger partial charge in [0.1, 0.15) is 5.82 Å². The van der Waals surface area contributed by atoms with E-state index >= 15 is 0 Å². The van der Waals surface area contributed by atoms with Crippen LogP contribution in [0.1, 0.15) is 23.2 Å². The molecule has 0 bridgehead atoms. The number of amides is 1. The molecule has 3 aromatic rings. The van der Waals surface area contributed by atoms with Crippen LogP contribution in [0.25, 0.3) is 10.9 Å². The molecule has 0 aliphatic rings. The van der Waals surface area contributed by atoms with Crippen molar-refractivity contribution < 1.29 is 4.79 Å². The van der Waals surface area contributed by atoms with Crippen LogP contribution in [0, 0.1) is 6.92 Å². The Kier molecular flexibility index (Phi) is 5.80. The molecule has 0 atom stereocenters. The third-order valence-corrected chi connectivity index (χ3v) is 5.29. The summed E-state index contributed by atoms with van der Waals surface area (Å²) in [6, 6.07) is 9.29. The van der Waals surface area contributed by atoms with Crippen molar-refractivity contribution in [2.45, 2.75) is 26.9 Å². The van der Waals surface area contributed by atoms with Crippen LogP contribution in [-0.2, 0) is 17.9 Å². The van der Waals surface area contributed by atoms with Gasteiger partial charge in [0.15, 0.2) is 0 Å². The van der Waals surface area contributed by atoms with Gasteiger partial charge in [-0.15, -0.1) is 11.3 Å². The second-order valence-corrected chi connectivity index (χ2v) is 7.14. The first-order valence-electron chi connectivity index (χ1n) is 8.56. The monoisotopic (exact) mass is 370 g/mol. The fourth-order valence-corrected chi connectivity index (χ4v) is 3.57. The minimum Gasteiger partial charge on any atom is -0.350 e. The molecule has 0 saturated carbocycles. The number of hydrogen-bond donors (Lipinski definition) is 2. The number of rotatable bonds is 7. The normalized spacial score (nSPS) is 11.2. The number of thiophene rings is 1. The number of nitrogens with zero attached hydrogens (tertiary/aromatic N) is 2. The summed E-state index contributed by atoms with van der Waals surface area (Å²) in [5, 5.41) is 5.55. The van der Waals surface area contributed by atoms with Gasteiger partial charge in [0.05, 0.1) is 30.5 Å². The first-order valence-corrected chi connectivity index (χ1v) is 9.44. The first-order chi connectivity index (χ1) is 12.6. The summed E-state index contributed by atoms with van der Waals surface area (Å²) < 4.78 is 0. The quantitative estimate of drug-likeness (QED) is 0.670. The van der Waals surface area contributed by atoms with E-state index in [9.17, 15) is 9.59 Å². The summed E-state index contributed by atoms with van der Waals surface area (Å²) in [6.45, 7) is 5.93. The maximum atomic E-state index is 12.2. The van der Waals surface area contributed by atoms with Crippen LogP contribution < -0.4 is 10.9 Å². The fraction of sp³-hybridized carbons (Fsp3) is 0.316. The topological polar surface area (TPSA) is 78.1 Å². The van der Waals surface area contributed by atoms with Crippen molar-refractivity contribution in [1.29, 1.82) is 0 Å². The second-order valence-electron chi connectivity index (χ2n) is 6.14. The van der Waals surface area contributed by atoms with E-state index in [1.54, 1.807) is 17.4 Å². The number of aromatic amines is 1. The van der Waals surface area contributed by atoms with Crippen molar-refractivity contribution in [2.24, 2.45) is 0 Å².